The molecule has 0 radical (unpaired) electrons. The van der Waals surface area contributed by atoms with Crippen molar-refractivity contribution >= 4 is 11.9 Å². The lowest BCUT2D eigenvalue weighted by Gasteiger charge is -2.12. The van der Waals surface area contributed by atoms with Crippen LogP contribution in [0.15, 0.2) is 24.3 Å². The Bertz CT molecular complexity index is 497. The minimum Gasteiger partial charge on any atom is -0.481 e. The van der Waals surface area contributed by atoms with Crippen molar-refractivity contribution in [3.05, 3.63) is 35.4 Å². The summed E-state index contributed by atoms with van der Waals surface area (Å²) in [5.74, 6) is -2.30. The molecule has 1 aromatic carbocycles. The molecule has 0 aliphatic heterocycles. The topological polar surface area (TPSA) is 66.4 Å². The standard InChI is InChI=1S/C14H16F3NO3/c1-2-3-10(13(20)21)8-18-12(19)9-4-6-11(7-5-9)14(15,16)17/h4-7,10H,2-3,8H2,1H3,(H,18,19)(H,20,21). The van der Waals surface area contributed by atoms with Crippen molar-refractivity contribution in [3.8, 4) is 0 Å². The molecule has 0 spiro atoms. The van der Waals surface area contributed by atoms with Crippen LogP contribution in [0.25, 0.3) is 0 Å². The van der Waals surface area contributed by atoms with Crippen LogP contribution >= 0.6 is 0 Å². The lowest BCUT2D eigenvalue weighted by atomic mass is 10.0. The van der Waals surface area contributed by atoms with E-state index in [0.717, 1.165) is 24.3 Å². The zero-order chi connectivity index (χ0) is 16.0. The van der Waals surface area contributed by atoms with E-state index in [2.05, 4.69) is 5.32 Å². The van der Waals surface area contributed by atoms with E-state index in [4.69, 9.17) is 5.11 Å². The molecule has 0 aromatic heterocycles. The number of alkyl halides is 3. The molecule has 1 amide bonds. The van der Waals surface area contributed by atoms with Gasteiger partial charge in [0.15, 0.2) is 0 Å². The minimum absolute atomic E-state index is 0.0526. The number of carbonyl (C=O) groups excluding carboxylic acids is 1. The first-order valence-corrected chi connectivity index (χ1v) is 6.44. The van der Waals surface area contributed by atoms with Crippen LogP contribution in [0, 0.1) is 5.92 Å². The molecule has 2 N–H and O–H groups in total. The van der Waals surface area contributed by atoms with Crippen LogP contribution in [0.3, 0.4) is 0 Å². The molecule has 116 valence electrons. The van der Waals surface area contributed by atoms with Gasteiger partial charge in [-0.2, -0.15) is 13.2 Å². The Morgan fingerprint density at radius 3 is 2.24 bits per heavy atom. The van der Waals surface area contributed by atoms with Crippen molar-refractivity contribution in [1.82, 2.24) is 5.32 Å². The molecule has 7 heteroatoms. The van der Waals surface area contributed by atoms with E-state index in [9.17, 15) is 22.8 Å². The number of benzene rings is 1. The molecular weight excluding hydrogens is 287 g/mol. The predicted molar refractivity (Wildman–Crippen MR) is 69.8 cm³/mol. The highest BCUT2D eigenvalue weighted by molar-refractivity contribution is 5.94. The normalized spacial score (nSPS) is 12.8. The summed E-state index contributed by atoms with van der Waals surface area (Å²) in [6.07, 6.45) is -3.37. The van der Waals surface area contributed by atoms with E-state index in [1.165, 1.54) is 0 Å². The van der Waals surface area contributed by atoms with Crippen molar-refractivity contribution in [2.45, 2.75) is 25.9 Å². The Balaban J connectivity index is 2.65. The lowest BCUT2D eigenvalue weighted by molar-refractivity contribution is -0.141. The van der Waals surface area contributed by atoms with E-state index in [0.29, 0.717) is 12.8 Å². The summed E-state index contributed by atoms with van der Waals surface area (Å²) >= 11 is 0. The average Bonchev–Trinajstić information content (AvgIpc) is 2.42. The Morgan fingerprint density at radius 1 is 1.24 bits per heavy atom. The van der Waals surface area contributed by atoms with Gasteiger partial charge in [0, 0.05) is 12.1 Å². The zero-order valence-electron chi connectivity index (χ0n) is 11.4. The highest BCUT2D eigenvalue weighted by Gasteiger charge is 2.30. The summed E-state index contributed by atoms with van der Waals surface area (Å²) in [5, 5.41) is 11.4. The first-order valence-electron chi connectivity index (χ1n) is 6.44. The summed E-state index contributed by atoms with van der Waals surface area (Å²) in [4.78, 5) is 22.7. The van der Waals surface area contributed by atoms with Crippen LogP contribution in [0.5, 0.6) is 0 Å². The molecule has 1 unspecified atom stereocenters. The smallest absolute Gasteiger partial charge is 0.416 e. The second-order valence-electron chi connectivity index (χ2n) is 4.61. The van der Waals surface area contributed by atoms with Gasteiger partial charge in [0.25, 0.3) is 5.91 Å². The van der Waals surface area contributed by atoms with Gasteiger partial charge in [-0.3, -0.25) is 9.59 Å². The number of aliphatic carboxylic acids is 1. The van der Waals surface area contributed by atoms with Crippen LogP contribution in [0.2, 0.25) is 0 Å². The van der Waals surface area contributed by atoms with Crippen molar-refractivity contribution in [3.63, 3.8) is 0 Å². The number of carboxylic acid groups (broad SMARTS) is 1. The summed E-state index contributed by atoms with van der Waals surface area (Å²) in [7, 11) is 0. The predicted octanol–water partition coefficient (Wildman–Crippen LogP) is 2.94. The Hall–Kier alpha value is -2.05. The van der Waals surface area contributed by atoms with Crippen molar-refractivity contribution in [2.24, 2.45) is 5.92 Å². The first kappa shape index (κ1) is 17.0. The van der Waals surface area contributed by atoms with Crippen molar-refractivity contribution in [1.29, 1.82) is 0 Å². The fourth-order valence-corrected chi connectivity index (χ4v) is 1.79. The highest BCUT2D eigenvalue weighted by Crippen LogP contribution is 2.29. The number of hydrogen-bond acceptors (Lipinski definition) is 2. The molecule has 1 atom stereocenters. The molecule has 0 aliphatic rings. The molecule has 0 heterocycles. The quantitative estimate of drug-likeness (QED) is 0.849. The van der Waals surface area contributed by atoms with Crippen LogP contribution < -0.4 is 5.32 Å². The van der Waals surface area contributed by atoms with Gasteiger partial charge >= 0.3 is 12.1 Å². The van der Waals surface area contributed by atoms with Gasteiger partial charge in [0.1, 0.15) is 0 Å². The van der Waals surface area contributed by atoms with Gasteiger partial charge in [-0.25, -0.2) is 0 Å². The maximum absolute atomic E-state index is 12.4. The fraction of sp³-hybridized carbons (Fsp3) is 0.429. The molecular formula is C14H16F3NO3. The third-order valence-electron chi connectivity index (χ3n) is 2.97. The molecule has 0 bridgehead atoms. The minimum atomic E-state index is -4.45. The van der Waals surface area contributed by atoms with E-state index in [-0.39, 0.29) is 12.1 Å². The molecule has 1 rings (SSSR count). The second kappa shape index (κ2) is 7.10. The van der Waals surface area contributed by atoms with Gasteiger partial charge in [-0.05, 0) is 30.7 Å². The lowest BCUT2D eigenvalue weighted by Crippen LogP contribution is -2.32. The van der Waals surface area contributed by atoms with Crippen LogP contribution in [-0.4, -0.2) is 23.5 Å². The monoisotopic (exact) mass is 303 g/mol. The molecule has 0 saturated heterocycles. The Morgan fingerprint density at radius 2 is 1.81 bits per heavy atom. The van der Waals surface area contributed by atoms with Crippen LogP contribution in [-0.2, 0) is 11.0 Å². The number of halogens is 3. The second-order valence-corrected chi connectivity index (χ2v) is 4.61. The van der Waals surface area contributed by atoms with Gasteiger partial charge in [0.05, 0.1) is 11.5 Å². The number of carbonyl (C=O) groups is 2. The SMILES string of the molecule is CCCC(CNC(=O)c1ccc(C(F)(F)F)cc1)C(=O)O. The highest BCUT2D eigenvalue weighted by atomic mass is 19.4. The van der Waals surface area contributed by atoms with Gasteiger partial charge in [-0.1, -0.05) is 13.3 Å². The summed E-state index contributed by atoms with van der Waals surface area (Å²) < 4.78 is 37.1. The fourth-order valence-electron chi connectivity index (χ4n) is 1.79. The number of nitrogens with one attached hydrogen (secondary N) is 1. The molecule has 1 aromatic rings. The Labute approximate surface area is 120 Å². The molecule has 0 aliphatic carbocycles. The maximum Gasteiger partial charge on any atom is 0.416 e. The molecule has 4 nitrogen and oxygen atoms in total. The van der Waals surface area contributed by atoms with E-state index < -0.39 is 29.5 Å². The van der Waals surface area contributed by atoms with Gasteiger partial charge in [0.2, 0.25) is 0 Å². The zero-order valence-corrected chi connectivity index (χ0v) is 11.4. The number of carboxylic acids is 1. The third kappa shape index (κ3) is 5.09. The van der Waals surface area contributed by atoms with Gasteiger partial charge in [-0.15, -0.1) is 0 Å². The number of rotatable bonds is 6. The Kier molecular flexibility index (Phi) is 5.75. The number of hydrogen-bond donors (Lipinski definition) is 2. The van der Waals surface area contributed by atoms with Crippen LogP contribution in [0.1, 0.15) is 35.7 Å². The van der Waals surface area contributed by atoms with Gasteiger partial charge < -0.3 is 10.4 Å². The van der Waals surface area contributed by atoms with E-state index >= 15 is 0 Å². The van der Waals surface area contributed by atoms with Crippen molar-refractivity contribution in [2.75, 3.05) is 6.54 Å². The summed E-state index contributed by atoms with van der Waals surface area (Å²) in [6, 6.07) is 3.76. The maximum atomic E-state index is 12.4. The van der Waals surface area contributed by atoms with E-state index in [1.54, 1.807) is 0 Å². The first-order chi connectivity index (χ1) is 9.75. The third-order valence-corrected chi connectivity index (χ3v) is 2.97. The molecule has 0 saturated carbocycles. The van der Waals surface area contributed by atoms with Crippen LogP contribution in [0.4, 0.5) is 13.2 Å². The summed E-state index contributed by atoms with van der Waals surface area (Å²) in [5.41, 5.74) is -0.780. The van der Waals surface area contributed by atoms with Crippen molar-refractivity contribution < 1.29 is 27.9 Å². The molecule has 21 heavy (non-hydrogen) atoms. The summed E-state index contributed by atoms with van der Waals surface area (Å²) in [6.45, 7) is 1.77. The molecule has 0 fully saturated rings. The largest absolute Gasteiger partial charge is 0.481 e. The van der Waals surface area contributed by atoms with E-state index in [1.807, 2.05) is 6.92 Å². The number of amides is 1. The average molecular weight is 303 g/mol.